The summed E-state index contributed by atoms with van der Waals surface area (Å²) < 4.78 is 0. The lowest BCUT2D eigenvalue weighted by molar-refractivity contribution is 0.102. The SMILES string of the molecule is Cc1ccc(C(=O)Nc2ccc3nn(-c4ccccc4)nc3c2)cc1Cl. The van der Waals surface area contributed by atoms with E-state index in [4.69, 9.17) is 11.6 Å². The molecule has 0 saturated carbocycles. The lowest BCUT2D eigenvalue weighted by atomic mass is 10.1. The van der Waals surface area contributed by atoms with E-state index in [0.29, 0.717) is 21.8 Å². The van der Waals surface area contributed by atoms with Crippen molar-refractivity contribution in [3.05, 3.63) is 82.9 Å². The Morgan fingerprint density at radius 3 is 2.50 bits per heavy atom. The zero-order valence-electron chi connectivity index (χ0n) is 14.0. The number of amides is 1. The molecule has 0 spiro atoms. The molecule has 0 bridgehead atoms. The summed E-state index contributed by atoms with van der Waals surface area (Å²) in [6, 6.07) is 20.4. The van der Waals surface area contributed by atoms with Gasteiger partial charge in [0, 0.05) is 16.3 Å². The van der Waals surface area contributed by atoms with E-state index in [-0.39, 0.29) is 5.91 Å². The predicted molar refractivity (Wildman–Crippen MR) is 103 cm³/mol. The summed E-state index contributed by atoms with van der Waals surface area (Å²) in [4.78, 5) is 14.0. The van der Waals surface area contributed by atoms with Crippen molar-refractivity contribution in [1.29, 1.82) is 0 Å². The van der Waals surface area contributed by atoms with E-state index >= 15 is 0 Å². The molecule has 1 heterocycles. The number of hydrogen-bond acceptors (Lipinski definition) is 3. The van der Waals surface area contributed by atoms with Gasteiger partial charge in [-0.2, -0.15) is 4.80 Å². The molecule has 128 valence electrons. The number of carbonyl (C=O) groups excluding carboxylic acids is 1. The average Bonchev–Trinajstić information content (AvgIpc) is 3.08. The van der Waals surface area contributed by atoms with E-state index in [1.165, 1.54) is 0 Å². The first-order valence-corrected chi connectivity index (χ1v) is 8.48. The first kappa shape index (κ1) is 16.3. The number of halogens is 1. The summed E-state index contributed by atoms with van der Waals surface area (Å²) in [5, 5.41) is 12.4. The highest BCUT2D eigenvalue weighted by Gasteiger charge is 2.10. The third-order valence-corrected chi connectivity index (χ3v) is 4.47. The van der Waals surface area contributed by atoms with E-state index in [1.54, 1.807) is 29.1 Å². The average molecular weight is 363 g/mol. The number of aryl methyl sites for hydroxylation is 1. The Bertz CT molecular complexity index is 1110. The maximum absolute atomic E-state index is 12.4. The lowest BCUT2D eigenvalue weighted by Crippen LogP contribution is -2.11. The van der Waals surface area contributed by atoms with Crippen LogP contribution in [0.1, 0.15) is 15.9 Å². The fourth-order valence-electron chi connectivity index (χ4n) is 2.61. The molecule has 0 aliphatic heterocycles. The molecule has 0 aliphatic rings. The summed E-state index contributed by atoms with van der Waals surface area (Å²) in [6.45, 7) is 1.90. The molecular formula is C20H15ClN4O. The van der Waals surface area contributed by atoms with Crippen LogP contribution in [0, 0.1) is 6.92 Å². The molecule has 1 aromatic heterocycles. The van der Waals surface area contributed by atoms with E-state index in [0.717, 1.165) is 16.8 Å². The summed E-state index contributed by atoms with van der Waals surface area (Å²) in [5.41, 5.74) is 4.43. The van der Waals surface area contributed by atoms with Crippen molar-refractivity contribution in [2.45, 2.75) is 6.92 Å². The number of carbonyl (C=O) groups is 1. The molecule has 5 nitrogen and oxygen atoms in total. The molecule has 0 saturated heterocycles. The van der Waals surface area contributed by atoms with Gasteiger partial charge in [-0.1, -0.05) is 35.9 Å². The molecule has 4 aromatic rings. The van der Waals surface area contributed by atoms with Crippen molar-refractivity contribution in [2.24, 2.45) is 0 Å². The predicted octanol–water partition coefficient (Wildman–Crippen LogP) is 4.63. The summed E-state index contributed by atoms with van der Waals surface area (Å²) in [6.07, 6.45) is 0. The van der Waals surface area contributed by atoms with E-state index in [1.807, 2.05) is 49.4 Å². The zero-order valence-corrected chi connectivity index (χ0v) is 14.7. The molecule has 0 radical (unpaired) electrons. The zero-order chi connectivity index (χ0) is 18.1. The van der Waals surface area contributed by atoms with Crippen LogP contribution >= 0.6 is 11.6 Å². The minimum Gasteiger partial charge on any atom is -0.322 e. The number of nitrogens with one attached hydrogen (secondary N) is 1. The molecule has 0 fully saturated rings. The Morgan fingerprint density at radius 2 is 1.73 bits per heavy atom. The van der Waals surface area contributed by atoms with Gasteiger partial charge >= 0.3 is 0 Å². The molecule has 4 rings (SSSR count). The third kappa shape index (κ3) is 3.17. The quantitative estimate of drug-likeness (QED) is 0.577. The van der Waals surface area contributed by atoms with Crippen molar-refractivity contribution in [1.82, 2.24) is 15.0 Å². The molecule has 0 atom stereocenters. The number of fused-ring (bicyclic) bond motifs is 1. The van der Waals surface area contributed by atoms with Gasteiger partial charge in [0.25, 0.3) is 5.91 Å². The largest absolute Gasteiger partial charge is 0.322 e. The first-order valence-electron chi connectivity index (χ1n) is 8.10. The monoisotopic (exact) mass is 362 g/mol. The van der Waals surface area contributed by atoms with Gasteiger partial charge in [-0.25, -0.2) is 0 Å². The van der Waals surface area contributed by atoms with E-state index < -0.39 is 0 Å². The summed E-state index contributed by atoms with van der Waals surface area (Å²) in [7, 11) is 0. The van der Waals surface area contributed by atoms with Crippen molar-refractivity contribution >= 4 is 34.2 Å². The van der Waals surface area contributed by atoms with Gasteiger partial charge in [-0.3, -0.25) is 4.79 Å². The third-order valence-electron chi connectivity index (χ3n) is 4.06. The Hall–Kier alpha value is -3.18. The highest BCUT2D eigenvalue weighted by atomic mass is 35.5. The highest BCUT2D eigenvalue weighted by molar-refractivity contribution is 6.31. The fourth-order valence-corrected chi connectivity index (χ4v) is 2.79. The van der Waals surface area contributed by atoms with Crippen LogP contribution < -0.4 is 5.32 Å². The van der Waals surface area contributed by atoms with Gasteiger partial charge < -0.3 is 5.32 Å². The van der Waals surface area contributed by atoms with Crippen LogP contribution in [0.4, 0.5) is 5.69 Å². The second-order valence-electron chi connectivity index (χ2n) is 5.95. The fraction of sp³-hybridized carbons (Fsp3) is 0.0500. The maximum atomic E-state index is 12.4. The van der Waals surface area contributed by atoms with Gasteiger partial charge in [0.1, 0.15) is 11.0 Å². The van der Waals surface area contributed by atoms with Gasteiger partial charge in [-0.15, -0.1) is 10.2 Å². The topological polar surface area (TPSA) is 59.8 Å². The molecule has 26 heavy (non-hydrogen) atoms. The Labute approximate surface area is 155 Å². The number of aromatic nitrogens is 3. The van der Waals surface area contributed by atoms with Crippen molar-refractivity contribution in [2.75, 3.05) is 5.32 Å². The summed E-state index contributed by atoms with van der Waals surface area (Å²) >= 11 is 6.10. The number of rotatable bonds is 3. The van der Waals surface area contributed by atoms with Gasteiger partial charge in [0.15, 0.2) is 0 Å². The minimum atomic E-state index is -0.221. The summed E-state index contributed by atoms with van der Waals surface area (Å²) in [5.74, 6) is -0.221. The van der Waals surface area contributed by atoms with Gasteiger partial charge in [-0.05, 0) is 55.0 Å². The molecule has 1 N–H and O–H groups in total. The number of nitrogens with zero attached hydrogens (tertiary/aromatic N) is 3. The number of para-hydroxylation sites is 1. The molecular weight excluding hydrogens is 348 g/mol. The Morgan fingerprint density at radius 1 is 0.962 bits per heavy atom. The van der Waals surface area contributed by atoms with Crippen LogP contribution in [0.3, 0.4) is 0 Å². The van der Waals surface area contributed by atoms with Crippen LogP contribution in [0.5, 0.6) is 0 Å². The highest BCUT2D eigenvalue weighted by Crippen LogP contribution is 2.20. The van der Waals surface area contributed by atoms with Crippen LogP contribution in [-0.4, -0.2) is 20.9 Å². The van der Waals surface area contributed by atoms with Gasteiger partial charge in [0.2, 0.25) is 0 Å². The van der Waals surface area contributed by atoms with Crippen LogP contribution in [-0.2, 0) is 0 Å². The number of benzene rings is 3. The van der Waals surface area contributed by atoms with Gasteiger partial charge in [0.05, 0.1) is 5.69 Å². The van der Waals surface area contributed by atoms with Crippen molar-refractivity contribution in [3.63, 3.8) is 0 Å². The second-order valence-corrected chi connectivity index (χ2v) is 6.35. The number of hydrogen-bond donors (Lipinski definition) is 1. The van der Waals surface area contributed by atoms with E-state index in [2.05, 4.69) is 15.5 Å². The van der Waals surface area contributed by atoms with Crippen molar-refractivity contribution < 1.29 is 4.79 Å². The molecule has 1 amide bonds. The molecule has 0 aliphatic carbocycles. The Kier molecular flexibility index (Phi) is 4.14. The van der Waals surface area contributed by atoms with Crippen molar-refractivity contribution in [3.8, 4) is 5.69 Å². The smallest absolute Gasteiger partial charge is 0.255 e. The van der Waals surface area contributed by atoms with Crippen LogP contribution in [0.25, 0.3) is 16.7 Å². The molecule has 6 heteroatoms. The number of anilines is 1. The standard InChI is InChI=1S/C20H15ClN4O/c1-13-7-8-14(11-17(13)21)20(26)22-15-9-10-18-19(12-15)24-25(23-18)16-5-3-2-4-6-16/h2-12H,1H3,(H,22,26). The maximum Gasteiger partial charge on any atom is 0.255 e. The molecule has 3 aromatic carbocycles. The lowest BCUT2D eigenvalue weighted by Gasteiger charge is -2.06. The second kappa shape index (κ2) is 6.61. The normalized spacial score (nSPS) is 10.8. The molecule has 0 unspecified atom stereocenters. The van der Waals surface area contributed by atoms with Crippen LogP contribution in [0.15, 0.2) is 66.7 Å². The van der Waals surface area contributed by atoms with E-state index in [9.17, 15) is 4.79 Å². The van der Waals surface area contributed by atoms with Crippen LogP contribution in [0.2, 0.25) is 5.02 Å². The Balaban J connectivity index is 1.61. The minimum absolute atomic E-state index is 0.221. The first-order chi connectivity index (χ1) is 12.6.